The van der Waals surface area contributed by atoms with Gasteiger partial charge in [-0.25, -0.2) is 0 Å². The number of unbranched alkanes of at least 4 members (excludes halogenated alkanes) is 1. The van der Waals surface area contributed by atoms with Crippen LogP contribution in [-0.2, 0) is 4.79 Å². The summed E-state index contributed by atoms with van der Waals surface area (Å²) < 4.78 is 0. The van der Waals surface area contributed by atoms with Crippen molar-refractivity contribution in [3.8, 4) is 0 Å². The number of allylic oxidation sites excluding steroid dienone is 2. The number of H-pyrrole nitrogens is 1. The number of aliphatic carboxylic acids is 1. The number of carboxylic acid groups (broad SMARTS) is 1. The summed E-state index contributed by atoms with van der Waals surface area (Å²) in [5.41, 5.74) is 2.36. The minimum atomic E-state index is -0.724. The molecule has 76 valence electrons. The highest BCUT2D eigenvalue weighted by molar-refractivity contribution is 5.67. The highest BCUT2D eigenvalue weighted by atomic mass is 16.4. The monoisotopic (exact) mass is 193 g/mol. The van der Waals surface area contributed by atoms with Crippen LogP contribution in [0.25, 0.3) is 5.57 Å². The second-order valence-corrected chi connectivity index (χ2v) is 3.27. The molecule has 3 heteroatoms. The molecule has 2 N–H and O–H groups in total. The van der Waals surface area contributed by atoms with Crippen molar-refractivity contribution < 1.29 is 9.90 Å². The molecule has 0 fully saturated rings. The van der Waals surface area contributed by atoms with Crippen molar-refractivity contribution in [3.05, 3.63) is 30.1 Å². The molecule has 1 aromatic heterocycles. The Bertz CT molecular complexity index is 312. The van der Waals surface area contributed by atoms with E-state index in [1.165, 1.54) is 11.1 Å². The van der Waals surface area contributed by atoms with Gasteiger partial charge in [0.15, 0.2) is 0 Å². The van der Waals surface area contributed by atoms with Crippen LogP contribution in [0.1, 0.15) is 31.7 Å². The Hall–Kier alpha value is -1.51. The first-order chi connectivity index (χ1) is 6.70. The molecular weight excluding hydrogens is 178 g/mol. The van der Waals surface area contributed by atoms with Gasteiger partial charge in [-0.1, -0.05) is 6.08 Å². The van der Waals surface area contributed by atoms with Gasteiger partial charge in [0.25, 0.3) is 0 Å². The van der Waals surface area contributed by atoms with Gasteiger partial charge in [-0.2, -0.15) is 0 Å². The van der Waals surface area contributed by atoms with E-state index in [-0.39, 0.29) is 6.42 Å². The minimum Gasteiger partial charge on any atom is -0.481 e. The third kappa shape index (κ3) is 3.47. The first-order valence-corrected chi connectivity index (χ1v) is 4.72. The van der Waals surface area contributed by atoms with Gasteiger partial charge in [0.1, 0.15) is 0 Å². The Morgan fingerprint density at radius 2 is 2.43 bits per heavy atom. The molecule has 0 aliphatic heterocycles. The fourth-order valence-electron chi connectivity index (χ4n) is 1.26. The molecule has 1 aromatic rings. The average Bonchev–Trinajstić information content (AvgIpc) is 2.64. The Balaban J connectivity index is 2.34. The summed E-state index contributed by atoms with van der Waals surface area (Å²) in [5, 5.41) is 8.44. The standard InChI is InChI=1S/C11H15NO2/c1-9(10-6-7-12-8-10)4-2-3-5-11(13)14/h4,6-8,12H,2-3,5H2,1H3,(H,13,14)/b9-4+. The zero-order valence-corrected chi connectivity index (χ0v) is 8.29. The number of carboxylic acids is 1. The Kier molecular flexibility index (Phi) is 3.98. The van der Waals surface area contributed by atoms with Crippen LogP contribution < -0.4 is 0 Å². The summed E-state index contributed by atoms with van der Waals surface area (Å²) in [5.74, 6) is -0.724. The number of hydrogen-bond acceptors (Lipinski definition) is 1. The predicted molar refractivity (Wildman–Crippen MR) is 55.9 cm³/mol. The summed E-state index contributed by atoms with van der Waals surface area (Å²) in [4.78, 5) is 13.2. The lowest BCUT2D eigenvalue weighted by Gasteiger charge is -1.96. The topological polar surface area (TPSA) is 53.1 Å². The molecule has 0 aliphatic carbocycles. The second kappa shape index (κ2) is 5.27. The number of nitrogens with one attached hydrogen (secondary N) is 1. The van der Waals surface area contributed by atoms with Gasteiger partial charge in [0.2, 0.25) is 0 Å². The highest BCUT2D eigenvalue weighted by Gasteiger charge is 1.96. The molecule has 1 heterocycles. The lowest BCUT2D eigenvalue weighted by Crippen LogP contribution is -1.92. The zero-order valence-electron chi connectivity index (χ0n) is 8.29. The molecule has 0 saturated carbocycles. The second-order valence-electron chi connectivity index (χ2n) is 3.27. The predicted octanol–water partition coefficient (Wildman–Crippen LogP) is 2.67. The van der Waals surface area contributed by atoms with E-state index in [9.17, 15) is 4.79 Å². The smallest absolute Gasteiger partial charge is 0.303 e. The molecular formula is C11H15NO2. The van der Waals surface area contributed by atoms with E-state index >= 15 is 0 Å². The van der Waals surface area contributed by atoms with Crippen LogP contribution in [0.15, 0.2) is 24.5 Å². The molecule has 0 amide bonds. The zero-order chi connectivity index (χ0) is 10.4. The lowest BCUT2D eigenvalue weighted by molar-refractivity contribution is -0.137. The van der Waals surface area contributed by atoms with E-state index in [0.29, 0.717) is 6.42 Å². The molecule has 0 saturated heterocycles. The molecule has 1 rings (SSSR count). The number of carbonyl (C=O) groups is 1. The van der Waals surface area contributed by atoms with E-state index in [2.05, 4.69) is 11.1 Å². The van der Waals surface area contributed by atoms with E-state index in [4.69, 9.17) is 5.11 Å². The summed E-state index contributed by atoms with van der Waals surface area (Å²) in [6, 6.07) is 2.00. The SMILES string of the molecule is C/C(=C\CCCC(=O)O)c1cc[nH]c1. The average molecular weight is 193 g/mol. The fourth-order valence-corrected chi connectivity index (χ4v) is 1.26. The number of aromatic amines is 1. The van der Waals surface area contributed by atoms with Crippen LogP contribution in [0.5, 0.6) is 0 Å². The van der Waals surface area contributed by atoms with Gasteiger partial charge >= 0.3 is 5.97 Å². The minimum absolute atomic E-state index is 0.247. The van der Waals surface area contributed by atoms with E-state index < -0.39 is 5.97 Å². The van der Waals surface area contributed by atoms with Crippen molar-refractivity contribution in [1.29, 1.82) is 0 Å². The molecule has 0 atom stereocenters. The van der Waals surface area contributed by atoms with Crippen molar-refractivity contribution in [1.82, 2.24) is 4.98 Å². The maximum Gasteiger partial charge on any atom is 0.303 e. The fraction of sp³-hybridized carbons (Fsp3) is 0.364. The van der Waals surface area contributed by atoms with E-state index in [0.717, 1.165) is 6.42 Å². The number of hydrogen-bond donors (Lipinski definition) is 2. The van der Waals surface area contributed by atoms with Crippen LogP contribution in [0.4, 0.5) is 0 Å². The molecule has 0 bridgehead atoms. The van der Waals surface area contributed by atoms with Crippen molar-refractivity contribution in [2.24, 2.45) is 0 Å². The third-order valence-electron chi connectivity index (χ3n) is 2.10. The van der Waals surface area contributed by atoms with E-state index in [1.54, 1.807) is 0 Å². The summed E-state index contributed by atoms with van der Waals surface area (Å²) >= 11 is 0. The van der Waals surface area contributed by atoms with Crippen molar-refractivity contribution >= 4 is 11.5 Å². The Morgan fingerprint density at radius 3 is 3.00 bits per heavy atom. The number of rotatable bonds is 5. The van der Waals surface area contributed by atoms with Crippen molar-refractivity contribution in [3.63, 3.8) is 0 Å². The van der Waals surface area contributed by atoms with Crippen molar-refractivity contribution in [2.45, 2.75) is 26.2 Å². The van der Waals surface area contributed by atoms with Gasteiger partial charge in [-0.05, 0) is 37.0 Å². The lowest BCUT2D eigenvalue weighted by atomic mass is 10.1. The van der Waals surface area contributed by atoms with Crippen LogP contribution >= 0.6 is 0 Å². The first-order valence-electron chi connectivity index (χ1n) is 4.72. The van der Waals surface area contributed by atoms with Gasteiger partial charge < -0.3 is 10.1 Å². The quantitative estimate of drug-likeness (QED) is 0.706. The Labute approximate surface area is 83.5 Å². The summed E-state index contributed by atoms with van der Waals surface area (Å²) in [6.45, 7) is 2.03. The molecule has 0 spiro atoms. The van der Waals surface area contributed by atoms with Crippen LogP contribution in [0.3, 0.4) is 0 Å². The largest absolute Gasteiger partial charge is 0.481 e. The van der Waals surface area contributed by atoms with Gasteiger partial charge in [0.05, 0.1) is 0 Å². The van der Waals surface area contributed by atoms with Gasteiger partial charge in [-0.15, -0.1) is 0 Å². The maximum atomic E-state index is 10.2. The van der Waals surface area contributed by atoms with Crippen LogP contribution in [0.2, 0.25) is 0 Å². The van der Waals surface area contributed by atoms with Gasteiger partial charge in [-0.3, -0.25) is 4.79 Å². The summed E-state index contributed by atoms with van der Waals surface area (Å²) in [6.07, 6.45) is 7.66. The molecule has 0 unspecified atom stereocenters. The summed E-state index contributed by atoms with van der Waals surface area (Å²) in [7, 11) is 0. The maximum absolute atomic E-state index is 10.2. The highest BCUT2D eigenvalue weighted by Crippen LogP contribution is 2.13. The van der Waals surface area contributed by atoms with Gasteiger partial charge in [0, 0.05) is 18.8 Å². The number of aromatic nitrogens is 1. The molecule has 3 nitrogen and oxygen atoms in total. The van der Waals surface area contributed by atoms with Crippen LogP contribution in [0, 0.1) is 0 Å². The molecule has 0 radical (unpaired) electrons. The Morgan fingerprint density at radius 1 is 1.64 bits per heavy atom. The third-order valence-corrected chi connectivity index (χ3v) is 2.10. The molecule has 0 aromatic carbocycles. The first kappa shape index (κ1) is 10.6. The normalized spacial score (nSPS) is 11.6. The van der Waals surface area contributed by atoms with Crippen LogP contribution in [-0.4, -0.2) is 16.1 Å². The van der Waals surface area contributed by atoms with Crippen molar-refractivity contribution in [2.75, 3.05) is 0 Å². The molecule has 14 heavy (non-hydrogen) atoms. The van der Waals surface area contributed by atoms with E-state index in [1.807, 2.05) is 25.4 Å². The molecule has 0 aliphatic rings.